The molecule has 1 aromatic rings. The molecule has 0 heterocycles. The van der Waals surface area contributed by atoms with Gasteiger partial charge in [0.25, 0.3) is 0 Å². The smallest absolute Gasteiger partial charge is 0.334 e. The molecule has 0 aromatic heterocycles. The summed E-state index contributed by atoms with van der Waals surface area (Å²) in [5.74, 6) is 0.123. The number of aliphatic hydroxyl groups excluding tert-OH is 1. The molecule has 1 aromatic carbocycles. The third-order valence-corrected chi connectivity index (χ3v) is 3.03. The fourth-order valence-electron chi connectivity index (χ4n) is 1.70. The predicted molar refractivity (Wildman–Crippen MR) is 68.5 cm³/mol. The molecular formula is C14H20O4. The van der Waals surface area contributed by atoms with Crippen molar-refractivity contribution in [1.29, 1.82) is 0 Å². The van der Waals surface area contributed by atoms with Crippen LogP contribution in [0.3, 0.4) is 0 Å². The van der Waals surface area contributed by atoms with Gasteiger partial charge in [0, 0.05) is 0 Å². The normalized spacial score (nSPS) is 13.8. The minimum absolute atomic E-state index is 0.125. The molecule has 0 fully saturated rings. The molecule has 0 aliphatic rings. The zero-order valence-corrected chi connectivity index (χ0v) is 11.1. The van der Waals surface area contributed by atoms with Crippen molar-refractivity contribution in [3.63, 3.8) is 0 Å². The van der Waals surface area contributed by atoms with Crippen molar-refractivity contribution >= 4 is 5.97 Å². The number of carbonyl (C=O) groups is 1. The molecule has 2 unspecified atom stereocenters. The molecule has 0 saturated carbocycles. The highest BCUT2D eigenvalue weighted by Crippen LogP contribution is 2.16. The number of carbonyl (C=O) groups excluding carboxylic acids is 1. The molecule has 0 aliphatic heterocycles. The standard InChI is InChI=1S/C14H20O4/c1-10(13(15)14(16)18-3)4-5-11-6-8-12(17-2)9-7-11/h6-10,13,15H,4-5H2,1-3H3. The number of hydrogen-bond donors (Lipinski definition) is 1. The van der Waals surface area contributed by atoms with Gasteiger partial charge in [-0.25, -0.2) is 4.79 Å². The van der Waals surface area contributed by atoms with Gasteiger partial charge in [0.2, 0.25) is 0 Å². The van der Waals surface area contributed by atoms with Crippen molar-refractivity contribution in [2.45, 2.75) is 25.9 Å². The second kappa shape index (κ2) is 7.01. The summed E-state index contributed by atoms with van der Waals surface area (Å²) >= 11 is 0. The molecular weight excluding hydrogens is 232 g/mol. The number of benzene rings is 1. The second-order valence-electron chi connectivity index (χ2n) is 4.33. The van der Waals surface area contributed by atoms with Crippen molar-refractivity contribution < 1.29 is 19.4 Å². The van der Waals surface area contributed by atoms with Gasteiger partial charge in [0.15, 0.2) is 6.10 Å². The van der Waals surface area contributed by atoms with Gasteiger partial charge in [-0.1, -0.05) is 19.1 Å². The SMILES string of the molecule is COC(=O)C(O)C(C)CCc1ccc(OC)cc1. The van der Waals surface area contributed by atoms with Crippen molar-refractivity contribution in [3.05, 3.63) is 29.8 Å². The van der Waals surface area contributed by atoms with Crippen LogP contribution in [0.1, 0.15) is 18.9 Å². The molecule has 4 nitrogen and oxygen atoms in total. The summed E-state index contributed by atoms with van der Waals surface area (Å²) in [5, 5.41) is 9.65. The van der Waals surface area contributed by atoms with E-state index in [1.165, 1.54) is 7.11 Å². The molecule has 100 valence electrons. The molecule has 0 aliphatic carbocycles. The number of rotatable bonds is 6. The van der Waals surface area contributed by atoms with Gasteiger partial charge < -0.3 is 14.6 Å². The van der Waals surface area contributed by atoms with Gasteiger partial charge in [-0.05, 0) is 36.5 Å². The van der Waals surface area contributed by atoms with Crippen molar-refractivity contribution in [3.8, 4) is 5.75 Å². The maximum absolute atomic E-state index is 11.2. The summed E-state index contributed by atoms with van der Waals surface area (Å²) in [4.78, 5) is 11.2. The van der Waals surface area contributed by atoms with Crippen molar-refractivity contribution in [2.75, 3.05) is 14.2 Å². The largest absolute Gasteiger partial charge is 0.497 e. The van der Waals surface area contributed by atoms with E-state index in [4.69, 9.17) is 4.74 Å². The van der Waals surface area contributed by atoms with Crippen LogP contribution in [0, 0.1) is 5.92 Å². The highest BCUT2D eigenvalue weighted by molar-refractivity contribution is 5.74. The van der Waals surface area contributed by atoms with Crippen LogP contribution >= 0.6 is 0 Å². The molecule has 4 heteroatoms. The number of methoxy groups -OCH3 is 2. The lowest BCUT2D eigenvalue weighted by Gasteiger charge is -2.16. The lowest BCUT2D eigenvalue weighted by molar-refractivity contribution is -0.153. The average Bonchev–Trinajstić information content (AvgIpc) is 2.43. The Morgan fingerprint density at radius 3 is 2.39 bits per heavy atom. The fraction of sp³-hybridized carbons (Fsp3) is 0.500. The summed E-state index contributed by atoms with van der Waals surface area (Å²) in [5.41, 5.74) is 1.15. The third kappa shape index (κ3) is 4.04. The number of aliphatic hydroxyl groups is 1. The van der Waals surface area contributed by atoms with E-state index in [0.717, 1.165) is 24.2 Å². The Morgan fingerprint density at radius 2 is 1.89 bits per heavy atom. The van der Waals surface area contributed by atoms with E-state index in [2.05, 4.69) is 4.74 Å². The van der Waals surface area contributed by atoms with Crippen LogP contribution in [-0.4, -0.2) is 31.4 Å². The minimum Gasteiger partial charge on any atom is -0.497 e. The molecule has 0 amide bonds. The van der Waals surface area contributed by atoms with Gasteiger partial charge in [-0.2, -0.15) is 0 Å². The average molecular weight is 252 g/mol. The first kappa shape index (κ1) is 14.5. The molecule has 0 spiro atoms. The number of esters is 1. The van der Waals surface area contributed by atoms with Gasteiger partial charge in [0.1, 0.15) is 5.75 Å². The summed E-state index contributed by atoms with van der Waals surface area (Å²) in [7, 11) is 2.91. The second-order valence-corrected chi connectivity index (χ2v) is 4.33. The Balaban J connectivity index is 2.46. The van der Waals surface area contributed by atoms with Crippen molar-refractivity contribution in [1.82, 2.24) is 0 Å². The molecule has 0 radical (unpaired) electrons. The van der Waals surface area contributed by atoms with E-state index in [-0.39, 0.29) is 5.92 Å². The molecule has 2 atom stereocenters. The molecule has 1 rings (SSSR count). The van der Waals surface area contributed by atoms with Crippen LogP contribution in [0.15, 0.2) is 24.3 Å². The topological polar surface area (TPSA) is 55.8 Å². The number of hydrogen-bond acceptors (Lipinski definition) is 4. The Bertz CT molecular complexity index is 372. The van der Waals surface area contributed by atoms with Gasteiger partial charge in [-0.15, -0.1) is 0 Å². The lowest BCUT2D eigenvalue weighted by atomic mass is 9.96. The van der Waals surface area contributed by atoms with E-state index in [1.807, 2.05) is 31.2 Å². The quantitative estimate of drug-likeness (QED) is 0.784. The summed E-state index contributed by atoms with van der Waals surface area (Å²) in [6, 6.07) is 7.76. The van der Waals surface area contributed by atoms with E-state index >= 15 is 0 Å². The van der Waals surface area contributed by atoms with Gasteiger partial charge in [-0.3, -0.25) is 0 Å². The molecule has 0 saturated heterocycles. The van der Waals surface area contributed by atoms with Gasteiger partial charge in [0.05, 0.1) is 14.2 Å². The van der Waals surface area contributed by atoms with Crippen LogP contribution < -0.4 is 4.74 Å². The monoisotopic (exact) mass is 252 g/mol. The molecule has 0 bridgehead atoms. The predicted octanol–water partition coefficient (Wildman–Crippen LogP) is 1.80. The lowest BCUT2D eigenvalue weighted by Crippen LogP contribution is -2.29. The Morgan fingerprint density at radius 1 is 1.28 bits per heavy atom. The third-order valence-electron chi connectivity index (χ3n) is 3.03. The zero-order chi connectivity index (χ0) is 13.5. The number of aryl methyl sites for hydroxylation is 1. The van der Waals surface area contributed by atoms with Gasteiger partial charge >= 0.3 is 5.97 Å². The van der Waals surface area contributed by atoms with E-state index in [0.29, 0.717) is 0 Å². The first-order valence-corrected chi connectivity index (χ1v) is 5.97. The maximum Gasteiger partial charge on any atom is 0.334 e. The highest BCUT2D eigenvalue weighted by atomic mass is 16.5. The van der Waals surface area contributed by atoms with Crippen molar-refractivity contribution in [2.24, 2.45) is 5.92 Å². The minimum atomic E-state index is -1.05. The first-order valence-electron chi connectivity index (χ1n) is 5.97. The van der Waals surface area contributed by atoms with E-state index in [1.54, 1.807) is 7.11 Å². The van der Waals surface area contributed by atoms with Crippen LogP contribution in [0.2, 0.25) is 0 Å². The van der Waals surface area contributed by atoms with Crippen LogP contribution in [0.5, 0.6) is 5.75 Å². The summed E-state index contributed by atoms with van der Waals surface area (Å²) < 4.78 is 9.59. The molecule has 1 N–H and O–H groups in total. The Hall–Kier alpha value is -1.55. The Kier molecular flexibility index (Phi) is 5.65. The highest BCUT2D eigenvalue weighted by Gasteiger charge is 2.22. The summed E-state index contributed by atoms with van der Waals surface area (Å²) in [6.45, 7) is 1.84. The van der Waals surface area contributed by atoms with Crippen LogP contribution in [0.25, 0.3) is 0 Å². The van der Waals surface area contributed by atoms with Crippen LogP contribution in [-0.2, 0) is 16.0 Å². The van der Waals surface area contributed by atoms with Crippen LogP contribution in [0.4, 0.5) is 0 Å². The number of ether oxygens (including phenoxy) is 2. The maximum atomic E-state index is 11.2. The van der Waals surface area contributed by atoms with E-state index < -0.39 is 12.1 Å². The first-order chi connectivity index (χ1) is 8.58. The Labute approximate surface area is 108 Å². The summed E-state index contributed by atoms with van der Waals surface area (Å²) in [6.07, 6.45) is 0.482. The zero-order valence-electron chi connectivity index (χ0n) is 11.1. The fourth-order valence-corrected chi connectivity index (χ4v) is 1.70. The van der Waals surface area contributed by atoms with E-state index in [9.17, 15) is 9.90 Å². The molecule has 18 heavy (non-hydrogen) atoms.